The highest BCUT2D eigenvalue weighted by atomic mass is 35.5. The van der Waals surface area contributed by atoms with Gasteiger partial charge in [0.1, 0.15) is 4.90 Å². The maximum absolute atomic E-state index is 11.9. The highest BCUT2D eigenvalue weighted by Gasteiger charge is 2.30. The van der Waals surface area contributed by atoms with Gasteiger partial charge in [-0.3, -0.25) is 0 Å². The highest BCUT2D eigenvalue weighted by molar-refractivity contribution is 7.89. The van der Waals surface area contributed by atoms with Crippen molar-refractivity contribution in [3.8, 4) is 0 Å². The normalized spacial score (nSPS) is 25.1. The van der Waals surface area contributed by atoms with Crippen molar-refractivity contribution >= 4 is 21.6 Å². The minimum Gasteiger partial charge on any atom is -0.328 e. The first-order valence-electron chi connectivity index (χ1n) is 5.01. The van der Waals surface area contributed by atoms with Crippen LogP contribution in [-0.2, 0) is 10.0 Å². The molecule has 1 aliphatic rings. The molecule has 1 fully saturated rings. The molecule has 0 aromatic heterocycles. The summed E-state index contributed by atoms with van der Waals surface area (Å²) in [7, 11) is -3.51. The molecule has 1 aliphatic carbocycles. The maximum Gasteiger partial charge on any atom is 0.242 e. The van der Waals surface area contributed by atoms with E-state index in [1.807, 2.05) is 0 Å². The molecule has 88 valence electrons. The Kier molecular flexibility index (Phi) is 3.21. The molecular formula is C10H13ClN2O2S. The molecule has 1 aromatic carbocycles. The van der Waals surface area contributed by atoms with E-state index in [0.717, 1.165) is 0 Å². The third-order valence-corrected chi connectivity index (χ3v) is 4.64. The van der Waals surface area contributed by atoms with Crippen LogP contribution in [0.3, 0.4) is 0 Å². The monoisotopic (exact) mass is 260 g/mol. The molecule has 6 heteroatoms. The lowest BCUT2D eigenvalue weighted by atomic mass is 9.89. The fourth-order valence-electron chi connectivity index (χ4n) is 1.70. The Bertz CT molecular complexity index is 483. The van der Waals surface area contributed by atoms with Gasteiger partial charge in [0.25, 0.3) is 0 Å². The van der Waals surface area contributed by atoms with Crippen molar-refractivity contribution in [1.29, 1.82) is 0 Å². The van der Waals surface area contributed by atoms with E-state index in [0.29, 0.717) is 12.8 Å². The summed E-state index contributed by atoms with van der Waals surface area (Å²) < 4.78 is 26.4. The third kappa shape index (κ3) is 2.38. The minimum absolute atomic E-state index is 0.0590. The predicted molar refractivity (Wildman–Crippen MR) is 62.8 cm³/mol. The molecule has 0 saturated heterocycles. The molecular weight excluding hydrogens is 248 g/mol. The van der Waals surface area contributed by atoms with Crippen LogP contribution in [-0.4, -0.2) is 20.5 Å². The van der Waals surface area contributed by atoms with Crippen LogP contribution in [0.5, 0.6) is 0 Å². The van der Waals surface area contributed by atoms with Gasteiger partial charge in [0.05, 0.1) is 5.02 Å². The summed E-state index contributed by atoms with van der Waals surface area (Å²) in [4.78, 5) is 0.122. The molecule has 2 rings (SSSR count). The summed E-state index contributed by atoms with van der Waals surface area (Å²) in [5, 5.41) is 0.235. The number of nitrogens with two attached hydrogens (primary N) is 1. The highest BCUT2D eigenvalue weighted by Crippen LogP contribution is 2.24. The van der Waals surface area contributed by atoms with Gasteiger partial charge in [0.2, 0.25) is 10.0 Å². The number of rotatable bonds is 3. The SMILES string of the molecule is NC1CC(NS(=O)(=O)c2ccccc2Cl)C1. The van der Waals surface area contributed by atoms with Crippen molar-refractivity contribution in [2.45, 2.75) is 29.8 Å². The van der Waals surface area contributed by atoms with Gasteiger partial charge in [-0.15, -0.1) is 0 Å². The van der Waals surface area contributed by atoms with Gasteiger partial charge >= 0.3 is 0 Å². The van der Waals surface area contributed by atoms with E-state index in [1.165, 1.54) is 6.07 Å². The second-order valence-corrected chi connectivity index (χ2v) is 6.07. The summed E-state index contributed by atoms with van der Waals surface area (Å²) in [5.74, 6) is 0. The molecule has 16 heavy (non-hydrogen) atoms. The molecule has 0 spiro atoms. The molecule has 0 amide bonds. The Morgan fingerprint density at radius 2 is 1.94 bits per heavy atom. The fraction of sp³-hybridized carbons (Fsp3) is 0.400. The fourth-order valence-corrected chi connectivity index (χ4v) is 3.48. The lowest BCUT2D eigenvalue weighted by molar-refractivity contribution is 0.327. The second kappa shape index (κ2) is 4.33. The number of benzene rings is 1. The number of halogens is 1. The Morgan fingerprint density at radius 1 is 1.31 bits per heavy atom. The number of sulfonamides is 1. The van der Waals surface area contributed by atoms with Crippen molar-refractivity contribution in [3.05, 3.63) is 29.3 Å². The topological polar surface area (TPSA) is 72.2 Å². The lowest BCUT2D eigenvalue weighted by Crippen LogP contribution is -2.50. The van der Waals surface area contributed by atoms with Gasteiger partial charge in [-0.2, -0.15) is 0 Å². The van der Waals surface area contributed by atoms with Crippen LogP contribution in [0.15, 0.2) is 29.2 Å². The smallest absolute Gasteiger partial charge is 0.242 e. The average molecular weight is 261 g/mol. The largest absolute Gasteiger partial charge is 0.328 e. The molecule has 0 heterocycles. The lowest BCUT2D eigenvalue weighted by Gasteiger charge is -2.32. The van der Waals surface area contributed by atoms with E-state index in [4.69, 9.17) is 17.3 Å². The van der Waals surface area contributed by atoms with Gasteiger partial charge < -0.3 is 5.73 Å². The van der Waals surface area contributed by atoms with Crippen LogP contribution in [0.25, 0.3) is 0 Å². The van der Waals surface area contributed by atoms with E-state index in [9.17, 15) is 8.42 Å². The number of hydrogen-bond acceptors (Lipinski definition) is 3. The summed E-state index contributed by atoms with van der Waals surface area (Å²) in [6, 6.07) is 6.44. The first kappa shape index (κ1) is 11.9. The van der Waals surface area contributed by atoms with Crippen LogP contribution in [0.4, 0.5) is 0 Å². The van der Waals surface area contributed by atoms with Crippen molar-refractivity contribution in [2.75, 3.05) is 0 Å². The predicted octanol–water partition coefficient (Wildman–Crippen LogP) is 1.11. The first-order chi connectivity index (χ1) is 7.49. The molecule has 1 saturated carbocycles. The molecule has 0 atom stereocenters. The molecule has 4 nitrogen and oxygen atoms in total. The molecule has 0 aliphatic heterocycles. The van der Waals surface area contributed by atoms with Gasteiger partial charge in [0.15, 0.2) is 0 Å². The van der Waals surface area contributed by atoms with Crippen LogP contribution in [0, 0.1) is 0 Å². The van der Waals surface area contributed by atoms with Crippen molar-refractivity contribution in [1.82, 2.24) is 4.72 Å². The average Bonchev–Trinajstić information content (AvgIpc) is 2.15. The van der Waals surface area contributed by atoms with Crippen molar-refractivity contribution < 1.29 is 8.42 Å². The number of nitrogens with one attached hydrogen (secondary N) is 1. The van der Waals surface area contributed by atoms with Crippen LogP contribution < -0.4 is 10.5 Å². The van der Waals surface area contributed by atoms with Crippen molar-refractivity contribution in [3.63, 3.8) is 0 Å². The van der Waals surface area contributed by atoms with E-state index < -0.39 is 10.0 Å². The standard InChI is InChI=1S/C10H13ClN2O2S/c11-9-3-1-2-4-10(9)16(14,15)13-8-5-7(12)6-8/h1-4,7-8,13H,5-6,12H2. The van der Waals surface area contributed by atoms with Gasteiger partial charge in [-0.1, -0.05) is 23.7 Å². The van der Waals surface area contributed by atoms with Gasteiger partial charge in [-0.25, -0.2) is 13.1 Å². The maximum atomic E-state index is 11.9. The van der Waals surface area contributed by atoms with Gasteiger partial charge in [0, 0.05) is 12.1 Å². The van der Waals surface area contributed by atoms with Crippen molar-refractivity contribution in [2.24, 2.45) is 5.73 Å². The van der Waals surface area contributed by atoms with Crippen LogP contribution in [0.2, 0.25) is 5.02 Å². The Hall–Kier alpha value is -0.620. The van der Waals surface area contributed by atoms with Crippen LogP contribution in [0.1, 0.15) is 12.8 Å². The summed E-state index contributed by atoms with van der Waals surface area (Å²) in [6.07, 6.45) is 1.37. The second-order valence-electron chi connectivity index (χ2n) is 3.98. The zero-order valence-corrected chi connectivity index (χ0v) is 10.1. The quantitative estimate of drug-likeness (QED) is 0.855. The Labute approximate surface area is 99.8 Å². The Morgan fingerprint density at radius 3 is 2.50 bits per heavy atom. The van der Waals surface area contributed by atoms with E-state index >= 15 is 0 Å². The summed E-state index contributed by atoms with van der Waals surface area (Å²) in [6.45, 7) is 0. The molecule has 0 bridgehead atoms. The first-order valence-corrected chi connectivity index (χ1v) is 6.87. The van der Waals surface area contributed by atoms with E-state index in [2.05, 4.69) is 4.72 Å². The summed E-state index contributed by atoms with van der Waals surface area (Å²) >= 11 is 5.84. The zero-order chi connectivity index (χ0) is 11.8. The zero-order valence-electron chi connectivity index (χ0n) is 8.56. The third-order valence-electron chi connectivity index (χ3n) is 2.62. The van der Waals surface area contributed by atoms with Crippen LogP contribution >= 0.6 is 11.6 Å². The summed E-state index contributed by atoms with van der Waals surface area (Å²) in [5.41, 5.74) is 5.60. The molecule has 1 aromatic rings. The molecule has 3 N–H and O–H groups in total. The van der Waals surface area contributed by atoms with E-state index in [-0.39, 0.29) is 22.0 Å². The minimum atomic E-state index is -3.51. The molecule has 0 unspecified atom stereocenters. The number of hydrogen-bond donors (Lipinski definition) is 2. The van der Waals surface area contributed by atoms with Gasteiger partial charge in [-0.05, 0) is 25.0 Å². The molecule has 0 radical (unpaired) electrons. The van der Waals surface area contributed by atoms with E-state index in [1.54, 1.807) is 18.2 Å². The Balaban J connectivity index is 2.16.